The maximum atomic E-state index is 11.8. The Morgan fingerprint density at radius 3 is 2.35 bits per heavy atom. The summed E-state index contributed by atoms with van der Waals surface area (Å²) in [6.45, 7) is 2.47. The number of carboxylic acid groups (broad SMARTS) is 1. The Labute approximate surface area is 102 Å². The van der Waals surface area contributed by atoms with Crippen molar-refractivity contribution in [2.45, 2.75) is 58.3 Å². The number of unbranched alkanes of at least 4 members (excludes halogenated alkanes) is 3. The summed E-state index contributed by atoms with van der Waals surface area (Å²) in [7, 11) is 0. The molecule has 0 amide bonds. The minimum Gasteiger partial charge on any atom is -0.480 e. The Morgan fingerprint density at radius 2 is 1.82 bits per heavy atom. The van der Waals surface area contributed by atoms with E-state index in [1.807, 2.05) is 0 Å². The molecule has 1 saturated carbocycles. The monoisotopic (exact) mass is 242 g/mol. The molecule has 1 aliphatic carbocycles. The number of carbonyl (C=O) groups is 2. The predicted octanol–water partition coefficient (Wildman–Crippen LogP) is 2.75. The lowest BCUT2D eigenvalue weighted by Gasteiger charge is -2.21. The van der Waals surface area contributed by atoms with Crippen LogP contribution in [0.25, 0.3) is 0 Å². The lowest BCUT2D eigenvalue weighted by atomic mass is 9.86. The summed E-state index contributed by atoms with van der Waals surface area (Å²) in [4.78, 5) is 23.0. The molecule has 98 valence electrons. The van der Waals surface area contributed by atoms with E-state index in [2.05, 4.69) is 6.92 Å². The average Bonchev–Trinajstić information content (AvgIpc) is 2.79. The summed E-state index contributed by atoms with van der Waals surface area (Å²) in [5.41, 5.74) is -1.25. The van der Waals surface area contributed by atoms with Gasteiger partial charge in [-0.15, -0.1) is 0 Å². The molecule has 0 bridgehead atoms. The molecule has 1 aliphatic rings. The van der Waals surface area contributed by atoms with E-state index in [0.717, 1.165) is 38.5 Å². The van der Waals surface area contributed by atoms with E-state index in [0.29, 0.717) is 19.4 Å². The molecule has 0 spiro atoms. The van der Waals surface area contributed by atoms with Gasteiger partial charge in [0.05, 0.1) is 6.61 Å². The quantitative estimate of drug-likeness (QED) is 0.423. The fraction of sp³-hybridized carbons (Fsp3) is 0.846. The molecule has 0 aromatic heterocycles. The van der Waals surface area contributed by atoms with Crippen molar-refractivity contribution >= 4 is 11.9 Å². The fourth-order valence-electron chi connectivity index (χ4n) is 2.32. The van der Waals surface area contributed by atoms with Crippen molar-refractivity contribution in [3.05, 3.63) is 0 Å². The van der Waals surface area contributed by atoms with Gasteiger partial charge in [-0.3, -0.25) is 9.59 Å². The zero-order valence-corrected chi connectivity index (χ0v) is 10.5. The van der Waals surface area contributed by atoms with E-state index in [9.17, 15) is 14.7 Å². The largest absolute Gasteiger partial charge is 0.480 e. The second-order valence-electron chi connectivity index (χ2n) is 4.79. The van der Waals surface area contributed by atoms with Crippen molar-refractivity contribution in [3.8, 4) is 0 Å². The van der Waals surface area contributed by atoms with Gasteiger partial charge in [0.1, 0.15) is 0 Å². The van der Waals surface area contributed by atoms with E-state index in [4.69, 9.17) is 4.74 Å². The number of hydrogen-bond acceptors (Lipinski definition) is 3. The molecule has 0 heterocycles. The Balaban J connectivity index is 2.37. The lowest BCUT2D eigenvalue weighted by molar-refractivity contribution is -0.168. The van der Waals surface area contributed by atoms with Crippen LogP contribution in [0.1, 0.15) is 58.3 Å². The molecule has 0 aromatic rings. The molecule has 0 aromatic carbocycles. The SMILES string of the molecule is CCCCCCOC(=O)C1(C(=O)O)CCCC1. The number of aliphatic carboxylic acids is 1. The van der Waals surface area contributed by atoms with Gasteiger partial charge in [-0.25, -0.2) is 0 Å². The van der Waals surface area contributed by atoms with Gasteiger partial charge in [0.25, 0.3) is 0 Å². The molecular weight excluding hydrogens is 220 g/mol. The summed E-state index contributed by atoms with van der Waals surface area (Å²) in [5, 5.41) is 9.17. The third-order valence-electron chi connectivity index (χ3n) is 3.49. The van der Waals surface area contributed by atoms with Crippen molar-refractivity contribution in [2.24, 2.45) is 5.41 Å². The molecule has 0 saturated heterocycles. The highest BCUT2D eigenvalue weighted by Crippen LogP contribution is 2.39. The summed E-state index contributed by atoms with van der Waals surface area (Å²) < 4.78 is 5.12. The van der Waals surface area contributed by atoms with Crippen LogP contribution < -0.4 is 0 Å². The van der Waals surface area contributed by atoms with Crippen LogP contribution in [0.4, 0.5) is 0 Å². The van der Waals surface area contributed by atoms with E-state index >= 15 is 0 Å². The first-order valence-corrected chi connectivity index (χ1v) is 6.54. The normalized spacial score (nSPS) is 17.9. The van der Waals surface area contributed by atoms with Gasteiger partial charge < -0.3 is 9.84 Å². The van der Waals surface area contributed by atoms with Gasteiger partial charge >= 0.3 is 11.9 Å². The van der Waals surface area contributed by atoms with Crippen LogP contribution in [0, 0.1) is 5.41 Å². The van der Waals surface area contributed by atoms with E-state index in [1.54, 1.807) is 0 Å². The maximum Gasteiger partial charge on any atom is 0.323 e. The smallest absolute Gasteiger partial charge is 0.323 e. The van der Waals surface area contributed by atoms with Crippen molar-refractivity contribution in [3.63, 3.8) is 0 Å². The number of carbonyl (C=O) groups excluding carboxylic acids is 1. The van der Waals surface area contributed by atoms with E-state index in [-0.39, 0.29) is 0 Å². The van der Waals surface area contributed by atoms with Crippen LogP contribution in [0.2, 0.25) is 0 Å². The van der Waals surface area contributed by atoms with Gasteiger partial charge in [-0.05, 0) is 19.3 Å². The molecule has 17 heavy (non-hydrogen) atoms. The third kappa shape index (κ3) is 3.45. The Bertz CT molecular complexity index is 267. The first-order valence-electron chi connectivity index (χ1n) is 6.54. The van der Waals surface area contributed by atoms with E-state index < -0.39 is 17.4 Å². The summed E-state index contributed by atoms with van der Waals surface area (Å²) in [6, 6.07) is 0. The van der Waals surface area contributed by atoms with Crippen molar-refractivity contribution < 1.29 is 19.4 Å². The highest BCUT2D eigenvalue weighted by Gasteiger charge is 2.49. The number of ether oxygens (including phenoxy) is 1. The van der Waals surface area contributed by atoms with Crippen molar-refractivity contribution in [1.29, 1.82) is 0 Å². The topological polar surface area (TPSA) is 63.6 Å². The molecule has 4 nitrogen and oxygen atoms in total. The van der Waals surface area contributed by atoms with Gasteiger partial charge in [-0.2, -0.15) is 0 Å². The van der Waals surface area contributed by atoms with Crippen LogP contribution in [0.15, 0.2) is 0 Å². The molecule has 0 unspecified atom stereocenters. The summed E-state index contributed by atoms with van der Waals surface area (Å²) in [6.07, 6.45) is 6.58. The van der Waals surface area contributed by atoms with Crippen LogP contribution in [0.3, 0.4) is 0 Å². The zero-order chi connectivity index (χ0) is 12.7. The number of rotatable bonds is 7. The molecule has 0 aliphatic heterocycles. The molecule has 1 rings (SSSR count). The predicted molar refractivity (Wildman–Crippen MR) is 63.6 cm³/mol. The number of esters is 1. The van der Waals surface area contributed by atoms with Gasteiger partial charge in [0, 0.05) is 0 Å². The van der Waals surface area contributed by atoms with Crippen LogP contribution in [0.5, 0.6) is 0 Å². The van der Waals surface area contributed by atoms with Gasteiger partial charge in [0.15, 0.2) is 5.41 Å². The molecule has 1 fully saturated rings. The number of hydrogen-bond donors (Lipinski definition) is 1. The van der Waals surface area contributed by atoms with Crippen molar-refractivity contribution in [1.82, 2.24) is 0 Å². The first-order chi connectivity index (χ1) is 8.13. The molecular formula is C13H22O4. The molecule has 1 N–H and O–H groups in total. The molecule has 0 radical (unpaired) electrons. The van der Waals surface area contributed by atoms with Crippen LogP contribution in [-0.4, -0.2) is 23.7 Å². The Kier molecular flexibility index (Phi) is 5.45. The zero-order valence-electron chi connectivity index (χ0n) is 10.5. The second-order valence-corrected chi connectivity index (χ2v) is 4.79. The van der Waals surface area contributed by atoms with Crippen LogP contribution >= 0.6 is 0 Å². The second kappa shape index (κ2) is 6.62. The first kappa shape index (κ1) is 14.0. The molecule has 4 heteroatoms. The van der Waals surface area contributed by atoms with Crippen molar-refractivity contribution in [2.75, 3.05) is 6.61 Å². The minimum atomic E-state index is -1.25. The van der Waals surface area contributed by atoms with Gasteiger partial charge in [0.2, 0.25) is 0 Å². The Morgan fingerprint density at radius 1 is 1.18 bits per heavy atom. The summed E-state index contributed by atoms with van der Waals surface area (Å²) >= 11 is 0. The summed E-state index contributed by atoms with van der Waals surface area (Å²) in [5.74, 6) is -1.55. The highest BCUT2D eigenvalue weighted by atomic mass is 16.5. The standard InChI is InChI=1S/C13H22O4/c1-2-3-4-7-10-17-12(16)13(11(14)15)8-5-6-9-13/h2-10H2,1H3,(H,14,15). The Hall–Kier alpha value is -1.06. The van der Waals surface area contributed by atoms with E-state index in [1.165, 1.54) is 0 Å². The lowest BCUT2D eigenvalue weighted by Crippen LogP contribution is -2.38. The number of carboxylic acids is 1. The maximum absolute atomic E-state index is 11.8. The highest BCUT2D eigenvalue weighted by molar-refractivity contribution is 5.99. The third-order valence-corrected chi connectivity index (χ3v) is 3.49. The van der Waals surface area contributed by atoms with Gasteiger partial charge in [-0.1, -0.05) is 39.0 Å². The fourth-order valence-corrected chi connectivity index (χ4v) is 2.32. The van der Waals surface area contributed by atoms with Crippen LogP contribution in [-0.2, 0) is 14.3 Å². The average molecular weight is 242 g/mol. The molecule has 0 atom stereocenters. The minimum absolute atomic E-state index is 0.355.